The SMILES string of the molecule is COc1ccc(CN2C(=O)CO[C@@H]3CN(CCN(C)C)C[C@H]32)cc1. The van der Waals surface area contributed by atoms with E-state index in [-0.39, 0.29) is 24.7 Å². The zero-order chi connectivity index (χ0) is 17.1. The minimum absolute atomic E-state index is 0.0847. The zero-order valence-corrected chi connectivity index (χ0v) is 14.8. The Morgan fingerprint density at radius 2 is 2.00 bits per heavy atom. The number of fused-ring (bicyclic) bond motifs is 1. The standard InChI is InChI=1S/C18H27N3O3/c1-19(2)8-9-20-11-16-17(12-20)24-13-18(22)21(16)10-14-4-6-15(23-3)7-5-14/h4-7,16-17H,8-13H2,1-3H3/t16-,17-/m1/s1. The fourth-order valence-electron chi connectivity index (χ4n) is 3.40. The highest BCUT2D eigenvalue weighted by atomic mass is 16.5. The van der Waals surface area contributed by atoms with E-state index in [1.165, 1.54) is 0 Å². The number of morpholine rings is 1. The van der Waals surface area contributed by atoms with Gasteiger partial charge in [-0.3, -0.25) is 9.69 Å². The molecule has 3 rings (SSSR count). The largest absolute Gasteiger partial charge is 0.497 e. The van der Waals surface area contributed by atoms with E-state index in [0.29, 0.717) is 6.54 Å². The number of benzene rings is 1. The molecule has 0 aliphatic carbocycles. The Bertz CT molecular complexity index is 561. The number of hydrogen-bond donors (Lipinski definition) is 0. The van der Waals surface area contributed by atoms with Crippen LogP contribution in [-0.4, -0.2) is 86.7 Å². The molecule has 1 aromatic carbocycles. The molecular weight excluding hydrogens is 306 g/mol. The molecule has 24 heavy (non-hydrogen) atoms. The first-order valence-electron chi connectivity index (χ1n) is 8.48. The summed E-state index contributed by atoms with van der Waals surface area (Å²) in [4.78, 5) is 19.0. The summed E-state index contributed by atoms with van der Waals surface area (Å²) in [5.41, 5.74) is 1.12. The molecule has 6 nitrogen and oxygen atoms in total. The summed E-state index contributed by atoms with van der Waals surface area (Å²) >= 11 is 0. The van der Waals surface area contributed by atoms with Crippen molar-refractivity contribution >= 4 is 5.91 Å². The van der Waals surface area contributed by atoms with Gasteiger partial charge in [-0.2, -0.15) is 0 Å². The second kappa shape index (κ2) is 7.51. The van der Waals surface area contributed by atoms with Crippen LogP contribution in [0.25, 0.3) is 0 Å². The fraction of sp³-hybridized carbons (Fsp3) is 0.611. The summed E-state index contributed by atoms with van der Waals surface area (Å²) in [6.07, 6.45) is 0.128. The first-order valence-corrected chi connectivity index (χ1v) is 8.48. The molecule has 0 radical (unpaired) electrons. The first kappa shape index (κ1) is 17.2. The summed E-state index contributed by atoms with van der Waals surface area (Å²) in [5.74, 6) is 0.919. The van der Waals surface area contributed by atoms with E-state index in [0.717, 1.165) is 37.5 Å². The van der Waals surface area contributed by atoms with Crippen molar-refractivity contribution < 1.29 is 14.3 Å². The number of ether oxygens (including phenoxy) is 2. The average Bonchev–Trinajstić information content (AvgIpc) is 3.00. The van der Waals surface area contributed by atoms with Crippen molar-refractivity contribution in [2.24, 2.45) is 0 Å². The highest BCUT2D eigenvalue weighted by Gasteiger charge is 2.42. The number of nitrogens with zero attached hydrogens (tertiary/aromatic N) is 3. The molecule has 2 aliphatic heterocycles. The maximum Gasteiger partial charge on any atom is 0.249 e. The van der Waals surface area contributed by atoms with Crippen LogP contribution in [0.1, 0.15) is 5.56 Å². The molecule has 0 spiro atoms. The third kappa shape index (κ3) is 3.88. The van der Waals surface area contributed by atoms with Crippen LogP contribution in [-0.2, 0) is 16.1 Å². The van der Waals surface area contributed by atoms with Gasteiger partial charge in [0.15, 0.2) is 0 Å². The van der Waals surface area contributed by atoms with Gasteiger partial charge in [0, 0.05) is 32.7 Å². The molecule has 6 heteroatoms. The normalized spacial score (nSPS) is 24.5. The van der Waals surface area contributed by atoms with Crippen molar-refractivity contribution in [1.29, 1.82) is 0 Å². The molecule has 1 aromatic rings. The molecule has 1 amide bonds. The van der Waals surface area contributed by atoms with E-state index in [2.05, 4.69) is 23.9 Å². The summed E-state index contributed by atoms with van der Waals surface area (Å²) in [7, 11) is 5.82. The Morgan fingerprint density at radius 3 is 2.67 bits per heavy atom. The zero-order valence-electron chi connectivity index (χ0n) is 14.8. The Labute approximate surface area is 143 Å². The quantitative estimate of drug-likeness (QED) is 0.766. The van der Waals surface area contributed by atoms with Gasteiger partial charge in [-0.15, -0.1) is 0 Å². The summed E-state index contributed by atoms with van der Waals surface area (Å²) in [6.45, 7) is 4.65. The molecule has 0 unspecified atom stereocenters. The van der Waals surface area contributed by atoms with Gasteiger partial charge < -0.3 is 19.3 Å². The second-order valence-corrected chi connectivity index (χ2v) is 6.85. The lowest BCUT2D eigenvalue weighted by Gasteiger charge is -2.36. The number of likely N-dealkylation sites (tertiary alicyclic amines) is 1. The smallest absolute Gasteiger partial charge is 0.249 e. The number of amides is 1. The minimum Gasteiger partial charge on any atom is -0.497 e. The van der Waals surface area contributed by atoms with Crippen molar-refractivity contribution in [1.82, 2.24) is 14.7 Å². The van der Waals surface area contributed by atoms with Crippen molar-refractivity contribution in [3.05, 3.63) is 29.8 Å². The van der Waals surface area contributed by atoms with Crippen molar-refractivity contribution in [2.75, 3.05) is 54.0 Å². The van der Waals surface area contributed by atoms with E-state index >= 15 is 0 Å². The van der Waals surface area contributed by atoms with Crippen LogP contribution in [0.3, 0.4) is 0 Å². The van der Waals surface area contributed by atoms with Crippen LogP contribution in [0.4, 0.5) is 0 Å². The lowest BCUT2D eigenvalue weighted by molar-refractivity contribution is -0.153. The van der Waals surface area contributed by atoms with Gasteiger partial charge in [0.2, 0.25) is 5.91 Å². The molecular formula is C18H27N3O3. The molecule has 0 N–H and O–H groups in total. The van der Waals surface area contributed by atoms with Gasteiger partial charge in [-0.1, -0.05) is 12.1 Å². The van der Waals surface area contributed by atoms with E-state index in [1.807, 2.05) is 29.2 Å². The lowest BCUT2D eigenvalue weighted by atomic mass is 10.1. The number of carbonyl (C=O) groups is 1. The van der Waals surface area contributed by atoms with Crippen LogP contribution in [0.2, 0.25) is 0 Å². The van der Waals surface area contributed by atoms with E-state index in [4.69, 9.17) is 9.47 Å². The number of hydrogen-bond acceptors (Lipinski definition) is 5. The van der Waals surface area contributed by atoms with Gasteiger partial charge >= 0.3 is 0 Å². The molecule has 2 atom stereocenters. The van der Waals surface area contributed by atoms with Gasteiger partial charge in [0.05, 0.1) is 19.3 Å². The second-order valence-electron chi connectivity index (χ2n) is 6.85. The monoisotopic (exact) mass is 333 g/mol. The van der Waals surface area contributed by atoms with E-state index in [1.54, 1.807) is 7.11 Å². The van der Waals surface area contributed by atoms with Crippen LogP contribution in [0.15, 0.2) is 24.3 Å². The first-order chi connectivity index (χ1) is 11.6. The van der Waals surface area contributed by atoms with Gasteiger partial charge in [0.25, 0.3) is 0 Å². The molecule has 0 saturated carbocycles. The van der Waals surface area contributed by atoms with Crippen molar-refractivity contribution in [2.45, 2.75) is 18.7 Å². The summed E-state index contributed by atoms with van der Waals surface area (Å²) < 4.78 is 11.0. The van der Waals surface area contributed by atoms with Crippen LogP contribution >= 0.6 is 0 Å². The number of methoxy groups -OCH3 is 1. The van der Waals surface area contributed by atoms with Crippen molar-refractivity contribution in [3.8, 4) is 5.75 Å². The fourth-order valence-corrected chi connectivity index (χ4v) is 3.40. The number of rotatable bonds is 6. The predicted octanol–water partition coefficient (Wildman–Crippen LogP) is 0.668. The summed E-state index contributed by atoms with van der Waals surface area (Å²) in [6, 6.07) is 8.08. The minimum atomic E-state index is 0.0847. The van der Waals surface area contributed by atoms with Gasteiger partial charge in [-0.05, 0) is 31.8 Å². The number of likely N-dealkylation sites (N-methyl/N-ethyl adjacent to an activating group) is 1. The Morgan fingerprint density at radius 1 is 1.25 bits per heavy atom. The number of carbonyl (C=O) groups excluding carboxylic acids is 1. The maximum absolute atomic E-state index is 12.4. The van der Waals surface area contributed by atoms with E-state index in [9.17, 15) is 4.79 Å². The average molecular weight is 333 g/mol. The predicted molar refractivity (Wildman–Crippen MR) is 92.1 cm³/mol. The molecule has 0 aromatic heterocycles. The highest BCUT2D eigenvalue weighted by molar-refractivity contribution is 5.78. The molecule has 2 fully saturated rings. The van der Waals surface area contributed by atoms with Crippen molar-refractivity contribution in [3.63, 3.8) is 0 Å². The molecule has 132 valence electrons. The Kier molecular flexibility index (Phi) is 5.38. The van der Waals surface area contributed by atoms with Crippen LogP contribution in [0.5, 0.6) is 5.75 Å². The van der Waals surface area contributed by atoms with Gasteiger partial charge in [0.1, 0.15) is 12.4 Å². The molecule has 0 bridgehead atoms. The van der Waals surface area contributed by atoms with E-state index < -0.39 is 0 Å². The summed E-state index contributed by atoms with van der Waals surface area (Å²) in [5, 5.41) is 0. The molecule has 2 heterocycles. The van der Waals surface area contributed by atoms with Crippen LogP contribution in [0, 0.1) is 0 Å². The highest BCUT2D eigenvalue weighted by Crippen LogP contribution is 2.25. The topological polar surface area (TPSA) is 45.2 Å². The Balaban J connectivity index is 1.65. The van der Waals surface area contributed by atoms with Gasteiger partial charge in [-0.25, -0.2) is 0 Å². The third-order valence-electron chi connectivity index (χ3n) is 4.83. The lowest BCUT2D eigenvalue weighted by Crippen LogP contribution is -2.53. The maximum atomic E-state index is 12.4. The molecule has 2 aliphatic rings. The van der Waals surface area contributed by atoms with Crippen LogP contribution < -0.4 is 4.74 Å². The Hall–Kier alpha value is -1.63. The third-order valence-corrected chi connectivity index (χ3v) is 4.83. The molecule has 2 saturated heterocycles.